The number of thiophene rings is 4. The molecule has 0 bridgehead atoms. The molecule has 2 aliphatic carbocycles. The Bertz CT molecular complexity index is 4420. The lowest BCUT2D eigenvalue weighted by Gasteiger charge is -2.33. The molecule has 6 heterocycles. The van der Waals surface area contributed by atoms with Crippen molar-refractivity contribution in [3.63, 3.8) is 0 Å². The SMILES string of the molecule is O=C1C(=O)c2c(F)cc(F)cc2/C1=C/c1cc2c(s1)-c1sc3c4c(sc3c1OC2(C(=O)OCc1ccccc1)C(=O)OCc1ccccc1)-c1sc(/C=C2\C(=O)C(=O)c3c(F)cc(F)cc32)cc1C(C(=O)OCc1ccccc1)(C(=O)OCc1ccccc1)O4. The van der Waals surface area contributed by atoms with E-state index >= 15 is 28.0 Å². The number of carbonyl (C=O) groups excluding carboxylic acids is 8. The van der Waals surface area contributed by atoms with Crippen molar-refractivity contribution in [1.29, 1.82) is 0 Å². The quantitative estimate of drug-likeness (QED) is 0.0249. The Labute approximate surface area is 521 Å². The van der Waals surface area contributed by atoms with Crippen LogP contribution in [0.2, 0.25) is 0 Å². The second-order valence-corrected chi connectivity index (χ2v) is 25.0. The average molecular weight is 1280 g/mol. The second kappa shape index (κ2) is 22.4. The van der Waals surface area contributed by atoms with E-state index in [9.17, 15) is 28.0 Å². The van der Waals surface area contributed by atoms with Gasteiger partial charge in [0.05, 0.1) is 40.0 Å². The number of esters is 4. The van der Waals surface area contributed by atoms with Gasteiger partial charge in [-0.05, 0) is 58.7 Å². The summed E-state index contributed by atoms with van der Waals surface area (Å²) < 4.78 is 98.5. The van der Waals surface area contributed by atoms with Crippen LogP contribution in [0, 0.1) is 23.3 Å². The lowest BCUT2D eigenvalue weighted by atomic mass is 9.90. The van der Waals surface area contributed by atoms with Crippen LogP contribution >= 0.6 is 45.3 Å². The van der Waals surface area contributed by atoms with E-state index in [1.165, 1.54) is 24.3 Å². The maximum Gasteiger partial charge on any atom is 0.367 e. The Balaban J connectivity index is 0.988. The predicted octanol–water partition coefficient (Wildman–Crippen LogP) is 13.7. The van der Waals surface area contributed by atoms with E-state index in [0.29, 0.717) is 34.4 Å². The first kappa shape index (κ1) is 57.5. The molecule has 0 spiro atoms. The van der Waals surface area contributed by atoms with Crippen molar-refractivity contribution in [3.8, 4) is 31.0 Å². The Hall–Kier alpha value is -10.3. The zero-order valence-electron chi connectivity index (χ0n) is 45.9. The van der Waals surface area contributed by atoms with Gasteiger partial charge in [0.15, 0.2) is 11.5 Å². The Morgan fingerprint density at radius 2 is 0.711 bits per heavy atom. The highest BCUT2D eigenvalue weighted by Gasteiger charge is 2.62. The molecular weight excluding hydrogens is 1240 g/mol. The number of ether oxygens (including phenoxy) is 6. The van der Waals surface area contributed by atoms with E-state index in [1.54, 1.807) is 121 Å². The van der Waals surface area contributed by atoms with Crippen molar-refractivity contribution in [2.45, 2.75) is 37.6 Å². The third kappa shape index (κ3) is 9.48. The van der Waals surface area contributed by atoms with Gasteiger partial charge in [0.2, 0.25) is 23.1 Å². The summed E-state index contributed by atoms with van der Waals surface area (Å²) in [7, 11) is 0. The van der Waals surface area contributed by atoms with Crippen LogP contribution in [-0.4, -0.2) is 47.0 Å². The first-order valence-electron chi connectivity index (χ1n) is 27.2. The van der Waals surface area contributed by atoms with E-state index in [1.807, 2.05) is 0 Å². The van der Waals surface area contributed by atoms with Crippen molar-refractivity contribution in [2.24, 2.45) is 0 Å². The maximum atomic E-state index is 15.4. The molecule has 4 aromatic heterocycles. The van der Waals surface area contributed by atoms with Gasteiger partial charge in [0.25, 0.3) is 0 Å². The standard InChI is InChI=1S/C68H36F4O14S4/c69-37-21-41-43(51(73)53(75)49(41)47(71)23-37)25-39-27-45-57(87-39)59-55(85-67(45,63(77)81-29-33-13-5-1-6-14-33)64(78)82-30-34-15-7-2-8-16-34)61-62(89-59)56-60(90-61)58-46(28-40(88-58)26-44-42-22-38(70)24-48(72)50(42)54(76)52(44)74)68(86-56,65(79)83-31-35-17-9-3-10-18-35)66(80)84-32-36-19-11-4-12-20-36/h1-28H,29-32H2/b43-25-,44-26-. The van der Waals surface area contributed by atoms with Crippen LogP contribution in [0.4, 0.5) is 17.6 Å². The van der Waals surface area contributed by atoms with Gasteiger partial charge in [-0.3, -0.25) is 19.2 Å². The zero-order valence-corrected chi connectivity index (χ0v) is 49.1. The molecule has 0 fully saturated rings. The number of hydrogen-bond acceptors (Lipinski definition) is 18. The molecule has 4 aliphatic rings. The van der Waals surface area contributed by atoms with Crippen LogP contribution in [0.1, 0.15) is 75.0 Å². The van der Waals surface area contributed by atoms with Gasteiger partial charge in [-0.25, -0.2) is 36.7 Å². The number of fused-ring (bicyclic) bond motifs is 11. The van der Waals surface area contributed by atoms with E-state index in [4.69, 9.17) is 28.4 Å². The molecule has 2 aliphatic heterocycles. The number of halogens is 4. The van der Waals surface area contributed by atoms with Gasteiger partial charge in [-0.1, -0.05) is 121 Å². The number of Topliss-reactive ketones (excluding diaryl/α,β-unsaturated/α-hetero) is 4. The largest absolute Gasteiger partial charge is 0.457 e. The summed E-state index contributed by atoms with van der Waals surface area (Å²) in [6, 6.07) is 39.3. The summed E-state index contributed by atoms with van der Waals surface area (Å²) in [6.45, 7) is -1.55. The molecule has 0 amide bonds. The number of allylic oxidation sites excluding steroid dienone is 2. The highest BCUT2D eigenvalue weighted by atomic mass is 32.1. The molecule has 14 rings (SSSR count). The minimum absolute atomic E-state index is 0.0815. The summed E-state index contributed by atoms with van der Waals surface area (Å²) >= 11 is 3.73. The third-order valence-corrected chi connectivity index (χ3v) is 20.2. The smallest absolute Gasteiger partial charge is 0.367 e. The van der Waals surface area contributed by atoms with Crippen molar-refractivity contribution >= 4 is 125 Å². The molecular formula is C68H36F4O14S4. The minimum Gasteiger partial charge on any atom is -0.457 e. The molecule has 0 N–H and O–H groups in total. The van der Waals surface area contributed by atoms with E-state index in [0.717, 1.165) is 57.5 Å². The maximum absolute atomic E-state index is 15.4. The highest BCUT2D eigenvalue weighted by Crippen LogP contribution is 2.65. The van der Waals surface area contributed by atoms with Crippen molar-refractivity contribution in [2.75, 3.05) is 0 Å². The van der Waals surface area contributed by atoms with Crippen LogP contribution in [0.25, 0.3) is 52.2 Å². The fraction of sp³-hybridized carbons (Fsp3) is 0.0882. The topological polar surface area (TPSA) is 192 Å². The number of hydrogen-bond donors (Lipinski definition) is 0. The summed E-state index contributed by atoms with van der Waals surface area (Å²) in [5.74, 6) is -14.8. The molecule has 6 aromatic carbocycles. The van der Waals surface area contributed by atoms with Gasteiger partial charge < -0.3 is 28.4 Å². The van der Waals surface area contributed by atoms with E-state index < -0.39 is 104 Å². The van der Waals surface area contributed by atoms with Crippen molar-refractivity contribution in [3.05, 3.63) is 246 Å². The fourth-order valence-electron chi connectivity index (χ4n) is 11.0. The van der Waals surface area contributed by atoms with Crippen LogP contribution in [0.15, 0.2) is 158 Å². The average Bonchev–Trinajstić information content (AvgIpc) is 1.51. The predicted molar refractivity (Wildman–Crippen MR) is 323 cm³/mol. The Morgan fingerprint density at radius 3 is 1.02 bits per heavy atom. The lowest BCUT2D eigenvalue weighted by Crippen LogP contribution is -2.52. The molecule has 10 aromatic rings. The molecule has 22 heteroatoms. The van der Waals surface area contributed by atoms with E-state index in [2.05, 4.69) is 0 Å². The molecule has 14 nitrogen and oxygen atoms in total. The third-order valence-electron chi connectivity index (χ3n) is 15.2. The highest BCUT2D eigenvalue weighted by molar-refractivity contribution is 7.35. The zero-order chi connectivity index (χ0) is 62.3. The first-order valence-corrected chi connectivity index (χ1v) is 30.5. The Kier molecular flexibility index (Phi) is 14.3. The first-order chi connectivity index (χ1) is 43.5. The number of benzene rings is 6. The second-order valence-electron chi connectivity index (χ2n) is 20.8. The molecule has 90 heavy (non-hydrogen) atoms. The minimum atomic E-state index is -2.87. The van der Waals surface area contributed by atoms with Crippen LogP contribution < -0.4 is 9.47 Å². The molecule has 0 saturated heterocycles. The summed E-state index contributed by atoms with van der Waals surface area (Å²) in [5.41, 5.74) is -6.79. The van der Waals surface area contributed by atoms with Gasteiger partial charge >= 0.3 is 35.1 Å². The van der Waals surface area contributed by atoms with Crippen LogP contribution in [0.3, 0.4) is 0 Å². The summed E-state index contributed by atoms with van der Waals surface area (Å²) in [5, 5.41) is 0. The molecule has 0 radical (unpaired) electrons. The normalized spacial score (nSPS) is 15.5. The monoisotopic (exact) mass is 1280 g/mol. The van der Waals surface area contributed by atoms with Gasteiger partial charge in [0, 0.05) is 55.3 Å². The fourth-order valence-corrected chi connectivity index (χ4v) is 16.2. The molecule has 0 unspecified atom stereocenters. The summed E-state index contributed by atoms with van der Waals surface area (Å²) in [4.78, 5) is 117. The van der Waals surface area contributed by atoms with Gasteiger partial charge in [-0.2, -0.15) is 0 Å². The van der Waals surface area contributed by atoms with Gasteiger partial charge in [-0.15, -0.1) is 45.3 Å². The molecule has 444 valence electrons. The van der Waals surface area contributed by atoms with Crippen LogP contribution in [-0.2, 0) is 85.3 Å². The molecule has 0 saturated carbocycles. The number of carbonyl (C=O) groups is 8. The van der Waals surface area contributed by atoms with Gasteiger partial charge in [0.1, 0.15) is 49.7 Å². The molecule has 0 atom stereocenters. The van der Waals surface area contributed by atoms with Crippen molar-refractivity contribution < 1.29 is 84.3 Å². The van der Waals surface area contributed by atoms with Crippen molar-refractivity contribution in [1.82, 2.24) is 0 Å². The number of ketones is 4. The lowest BCUT2D eigenvalue weighted by molar-refractivity contribution is -0.185. The Morgan fingerprint density at radius 1 is 0.400 bits per heavy atom. The van der Waals surface area contributed by atoms with Crippen LogP contribution in [0.5, 0.6) is 11.5 Å². The summed E-state index contributed by atoms with van der Waals surface area (Å²) in [6.07, 6.45) is 2.40. The number of rotatable bonds is 14. The van der Waals surface area contributed by atoms with E-state index in [-0.39, 0.29) is 98.8 Å².